The lowest BCUT2D eigenvalue weighted by molar-refractivity contribution is -0.141. The van der Waals surface area contributed by atoms with E-state index < -0.39 is 18.1 Å². The van der Waals surface area contributed by atoms with Crippen molar-refractivity contribution >= 4 is 46.0 Å². The third-order valence-corrected chi connectivity index (χ3v) is 8.46. The van der Waals surface area contributed by atoms with Crippen molar-refractivity contribution in [2.45, 2.75) is 57.2 Å². The molecule has 2 fully saturated rings. The highest BCUT2D eigenvalue weighted by molar-refractivity contribution is 8.03. The van der Waals surface area contributed by atoms with Crippen LogP contribution >= 0.6 is 23.3 Å². The Morgan fingerprint density at radius 3 is 2.56 bits per heavy atom. The summed E-state index contributed by atoms with van der Waals surface area (Å²) in [4.78, 5) is 42.2. The van der Waals surface area contributed by atoms with Gasteiger partial charge < -0.3 is 20.9 Å². The molecule has 1 aromatic carbocycles. The molecule has 0 spiro atoms. The van der Waals surface area contributed by atoms with E-state index >= 15 is 0 Å². The molecule has 1 aromatic heterocycles. The molecule has 2 heterocycles. The molecule has 9 nitrogen and oxygen atoms in total. The second-order valence-electron chi connectivity index (χ2n) is 9.15. The lowest BCUT2D eigenvalue weighted by Gasteiger charge is -2.34. The van der Waals surface area contributed by atoms with E-state index in [9.17, 15) is 14.4 Å². The second-order valence-corrected chi connectivity index (χ2v) is 11.0. The number of likely N-dealkylation sites (N-methyl/N-ethyl adjacent to an activating group) is 1. The number of hydrogen-bond donors (Lipinski definition) is 3. The molecule has 4 rings (SSSR count). The number of nitrogens with zero attached hydrogens (tertiary/aromatic N) is 3. The van der Waals surface area contributed by atoms with Crippen molar-refractivity contribution in [2.75, 3.05) is 18.2 Å². The van der Waals surface area contributed by atoms with E-state index in [0.717, 1.165) is 49.2 Å². The van der Waals surface area contributed by atoms with E-state index in [0.29, 0.717) is 21.5 Å². The Morgan fingerprint density at radius 2 is 1.86 bits per heavy atom. The minimum absolute atomic E-state index is 0.0391. The van der Waals surface area contributed by atoms with Gasteiger partial charge in [-0.3, -0.25) is 14.4 Å². The highest BCUT2D eigenvalue weighted by Gasteiger charge is 2.43. The van der Waals surface area contributed by atoms with E-state index in [4.69, 9.17) is 0 Å². The molecule has 3 amide bonds. The minimum atomic E-state index is -0.849. The first-order chi connectivity index (χ1) is 17.4. The Kier molecular flexibility index (Phi) is 8.76. The fraction of sp³-hybridized carbons (Fsp3) is 0.480. The molecule has 1 aliphatic heterocycles. The number of thioether (sulfide) groups is 1. The smallest absolute Gasteiger partial charge is 0.253 e. The summed E-state index contributed by atoms with van der Waals surface area (Å²) in [5, 5.41) is 13.5. The Morgan fingerprint density at radius 1 is 1.14 bits per heavy atom. The average Bonchev–Trinajstić information content (AvgIpc) is 3.53. The zero-order chi connectivity index (χ0) is 25.7. The lowest BCUT2D eigenvalue weighted by Crippen LogP contribution is -2.57. The Labute approximate surface area is 219 Å². The first-order valence-electron chi connectivity index (χ1n) is 12.2. The van der Waals surface area contributed by atoms with Crippen LogP contribution in [0.5, 0.6) is 0 Å². The summed E-state index contributed by atoms with van der Waals surface area (Å²) >= 11 is 2.46. The first kappa shape index (κ1) is 26.3. The van der Waals surface area contributed by atoms with Crippen LogP contribution in [0.2, 0.25) is 0 Å². The summed E-state index contributed by atoms with van der Waals surface area (Å²) in [5.74, 6) is -0.480. The summed E-state index contributed by atoms with van der Waals surface area (Å²) in [7, 11) is 1.71. The third kappa shape index (κ3) is 5.79. The van der Waals surface area contributed by atoms with Crippen molar-refractivity contribution in [1.82, 2.24) is 25.1 Å². The standard InChI is InChI=1S/C25H32N6O3S2/c1-15(26-3)22(32)27-20(18-12-8-5-9-13-18)25(34)31-14-35-16(2)21(31)23(33)28-24-19(29-30-36-24)17-10-6-4-7-11-17/h4,6-7,10-11,15,18,20-21,26H,2,5,8-9,12-14H2,1,3H3,(H,27,32)(H,28,33)/t15-,20-,21-/m0/s1. The SMILES string of the molecule is C=C1SCN(C(=O)[C@@H](NC(=O)[C@H](C)NC)C2CCCCC2)[C@@H]1C(=O)Nc1snnc1-c1ccccc1. The van der Waals surface area contributed by atoms with E-state index in [-0.39, 0.29) is 23.6 Å². The Hall–Kier alpha value is -2.76. The molecule has 0 unspecified atom stereocenters. The topological polar surface area (TPSA) is 116 Å². The Bertz CT molecular complexity index is 1100. The van der Waals surface area contributed by atoms with Crippen molar-refractivity contribution in [3.8, 4) is 11.3 Å². The lowest BCUT2D eigenvalue weighted by atomic mass is 9.83. The van der Waals surface area contributed by atoms with Crippen molar-refractivity contribution < 1.29 is 14.4 Å². The monoisotopic (exact) mass is 528 g/mol. The molecule has 3 N–H and O–H groups in total. The molecule has 1 aliphatic carbocycles. The highest BCUT2D eigenvalue weighted by Crippen LogP contribution is 2.36. The minimum Gasteiger partial charge on any atom is -0.343 e. The van der Waals surface area contributed by atoms with E-state index in [1.807, 2.05) is 30.3 Å². The maximum atomic E-state index is 13.9. The van der Waals surface area contributed by atoms with Gasteiger partial charge in [-0.05, 0) is 32.7 Å². The van der Waals surface area contributed by atoms with Gasteiger partial charge in [0.05, 0.1) is 11.9 Å². The van der Waals surface area contributed by atoms with Crippen molar-refractivity contribution in [1.29, 1.82) is 0 Å². The van der Waals surface area contributed by atoms with Crippen LogP contribution in [0.3, 0.4) is 0 Å². The summed E-state index contributed by atoms with van der Waals surface area (Å²) < 4.78 is 4.01. The number of amides is 3. The summed E-state index contributed by atoms with van der Waals surface area (Å²) in [6.45, 7) is 5.82. The van der Waals surface area contributed by atoms with Gasteiger partial charge in [-0.2, -0.15) is 0 Å². The number of benzene rings is 1. The molecular weight excluding hydrogens is 496 g/mol. The molecule has 1 saturated heterocycles. The quantitative estimate of drug-likeness (QED) is 0.482. The van der Waals surface area contributed by atoms with Crippen molar-refractivity contribution in [3.05, 3.63) is 41.8 Å². The number of anilines is 1. The number of carbonyl (C=O) groups excluding carboxylic acids is 3. The van der Waals surface area contributed by atoms with Crippen LogP contribution in [0.15, 0.2) is 41.8 Å². The zero-order valence-corrected chi connectivity index (χ0v) is 22.2. The molecule has 2 aromatic rings. The number of nitrogens with one attached hydrogen (secondary N) is 3. The first-order valence-corrected chi connectivity index (χ1v) is 13.9. The van der Waals surface area contributed by atoms with Crippen LogP contribution in [0.1, 0.15) is 39.0 Å². The van der Waals surface area contributed by atoms with Gasteiger partial charge in [0.15, 0.2) is 0 Å². The molecule has 3 atom stereocenters. The zero-order valence-electron chi connectivity index (χ0n) is 20.5. The molecule has 1 saturated carbocycles. The number of carbonyl (C=O) groups is 3. The van der Waals surface area contributed by atoms with E-state index in [1.54, 1.807) is 18.9 Å². The fourth-order valence-electron chi connectivity index (χ4n) is 4.63. The summed E-state index contributed by atoms with van der Waals surface area (Å²) in [6.07, 6.45) is 4.93. The van der Waals surface area contributed by atoms with Crippen LogP contribution in [-0.2, 0) is 14.4 Å². The number of hydrogen-bond acceptors (Lipinski definition) is 8. The molecule has 192 valence electrons. The fourth-order valence-corrected chi connectivity index (χ4v) is 6.20. The normalized spacial score (nSPS) is 20.1. The molecule has 36 heavy (non-hydrogen) atoms. The van der Waals surface area contributed by atoms with Gasteiger partial charge in [-0.15, -0.1) is 16.9 Å². The molecule has 0 radical (unpaired) electrons. The predicted molar refractivity (Wildman–Crippen MR) is 143 cm³/mol. The predicted octanol–water partition coefficient (Wildman–Crippen LogP) is 3.23. The van der Waals surface area contributed by atoms with Gasteiger partial charge in [-0.1, -0.05) is 60.7 Å². The molecular formula is C25H32N6O3S2. The molecule has 0 bridgehead atoms. The van der Waals surface area contributed by atoms with Gasteiger partial charge in [0, 0.05) is 22.0 Å². The van der Waals surface area contributed by atoms with Gasteiger partial charge >= 0.3 is 0 Å². The summed E-state index contributed by atoms with van der Waals surface area (Å²) in [5.41, 5.74) is 1.42. The van der Waals surface area contributed by atoms with E-state index in [2.05, 4.69) is 32.1 Å². The van der Waals surface area contributed by atoms with E-state index in [1.165, 1.54) is 11.8 Å². The van der Waals surface area contributed by atoms with Gasteiger partial charge in [0.2, 0.25) is 11.8 Å². The molecule has 11 heteroatoms. The largest absolute Gasteiger partial charge is 0.343 e. The van der Waals surface area contributed by atoms with Gasteiger partial charge in [0.1, 0.15) is 22.8 Å². The van der Waals surface area contributed by atoms with Crippen molar-refractivity contribution in [3.63, 3.8) is 0 Å². The maximum absolute atomic E-state index is 13.9. The maximum Gasteiger partial charge on any atom is 0.253 e. The second kappa shape index (κ2) is 12.0. The molecule has 2 aliphatic rings. The van der Waals surface area contributed by atoms with Gasteiger partial charge in [0.25, 0.3) is 5.91 Å². The van der Waals surface area contributed by atoms with Crippen LogP contribution in [0, 0.1) is 5.92 Å². The van der Waals surface area contributed by atoms with Crippen LogP contribution in [-0.4, -0.2) is 63.3 Å². The third-order valence-electron chi connectivity index (χ3n) is 6.82. The van der Waals surface area contributed by atoms with Crippen molar-refractivity contribution in [2.24, 2.45) is 5.92 Å². The number of aromatic nitrogens is 2. The average molecular weight is 529 g/mol. The van der Waals surface area contributed by atoms with Crippen LogP contribution < -0.4 is 16.0 Å². The highest BCUT2D eigenvalue weighted by atomic mass is 32.2. The number of rotatable bonds is 8. The summed E-state index contributed by atoms with van der Waals surface area (Å²) in [6, 6.07) is 7.53. The van der Waals surface area contributed by atoms with Gasteiger partial charge in [-0.25, -0.2) is 0 Å². The van der Waals surface area contributed by atoms with Crippen LogP contribution in [0.4, 0.5) is 5.00 Å². The Balaban J connectivity index is 1.54. The van der Waals surface area contributed by atoms with Crippen LogP contribution in [0.25, 0.3) is 11.3 Å².